The number of hydrogen-bond acceptors (Lipinski definition) is 4. The fraction of sp³-hybridized carbons (Fsp3) is 0.724. The summed E-state index contributed by atoms with van der Waals surface area (Å²) in [6, 6.07) is 8.77. The molecule has 5 atom stereocenters. The van der Waals surface area contributed by atoms with E-state index in [9.17, 15) is 9.59 Å². The van der Waals surface area contributed by atoms with E-state index in [-0.39, 0.29) is 18.5 Å². The summed E-state index contributed by atoms with van der Waals surface area (Å²) in [6.45, 7) is 9.25. The van der Waals surface area contributed by atoms with Crippen molar-refractivity contribution >= 4 is 23.3 Å². The van der Waals surface area contributed by atoms with Crippen molar-refractivity contribution < 1.29 is 14.7 Å². The Morgan fingerprint density at radius 2 is 1.74 bits per heavy atom. The first-order chi connectivity index (χ1) is 16.9. The Labute approximate surface area is 212 Å². The summed E-state index contributed by atoms with van der Waals surface area (Å²) in [6.07, 6.45) is 12.4. The molecular formula is C29H47N3O3. The standard InChI is InChI=1S/C29H47N3O3/c1-5-11-25(31(7-3)26-17-22-12-10-13-23(16-22)18-26)19-24(6-2)32(21(4)33)28-15-9-8-14-27(28)30-20-29(34)35/h8-9,14-15,22-26,30H,5-7,10-13,16-20H2,1-4H3,(H,34,35)/t22-,23+,24-,25-,26+/m1/s1. The van der Waals surface area contributed by atoms with Gasteiger partial charge < -0.3 is 15.3 Å². The topological polar surface area (TPSA) is 72.9 Å². The summed E-state index contributed by atoms with van der Waals surface area (Å²) in [5, 5.41) is 12.2. The lowest BCUT2D eigenvalue weighted by atomic mass is 9.69. The van der Waals surface area contributed by atoms with Gasteiger partial charge in [-0.3, -0.25) is 14.5 Å². The highest BCUT2D eigenvalue weighted by atomic mass is 16.4. The van der Waals surface area contributed by atoms with E-state index in [1.165, 1.54) is 38.5 Å². The third-order valence-corrected chi connectivity index (χ3v) is 8.34. The molecular weight excluding hydrogens is 438 g/mol. The minimum atomic E-state index is -0.917. The average Bonchev–Trinajstić information content (AvgIpc) is 2.83. The van der Waals surface area contributed by atoms with Gasteiger partial charge in [-0.1, -0.05) is 58.6 Å². The van der Waals surface area contributed by atoms with Crippen molar-refractivity contribution in [2.75, 3.05) is 23.3 Å². The van der Waals surface area contributed by atoms with Gasteiger partial charge in [-0.25, -0.2) is 0 Å². The Bertz CT molecular complexity index is 817. The van der Waals surface area contributed by atoms with Crippen LogP contribution in [-0.2, 0) is 9.59 Å². The van der Waals surface area contributed by atoms with Gasteiger partial charge in [0, 0.05) is 25.0 Å². The molecule has 3 rings (SSSR count). The third-order valence-electron chi connectivity index (χ3n) is 8.34. The normalized spacial score (nSPS) is 23.5. The maximum Gasteiger partial charge on any atom is 0.322 e. The quantitative estimate of drug-likeness (QED) is 0.350. The van der Waals surface area contributed by atoms with Crippen molar-refractivity contribution in [3.8, 4) is 0 Å². The molecule has 0 heterocycles. The molecule has 1 aromatic carbocycles. The third kappa shape index (κ3) is 7.22. The number of carboxylic acids is 1. The zero-order valence-electron chi connectivity index (χ0n) is 22.3. The zero-order chi connectivity index (χ0) is 25.4. The highest BCUT2D eigenvalue weighted by Gasteiger charge is 2.37. The predicted molar refractivity (Wildman–Crippen MR) is 144 cm³/mol. The van der Waals surface area contributed by atoms with Crippen molar-refractivity contribution in [3.05, 3.63) is 24.3 Å². The number of carbonyl (C=O) groups is 2. The van der Waals surface area contributed by atoms with Crippen molar-refractivity contribution in [2.45, 2.75) is 110 Å². The number of anilines is 2. The number of fused-ring (bicyclic) bond motifs is 2. The highest BCUT2D eigenvalue weighted by molar-refractivity contribution is 5.96. The van der Waals surface area contributed by atoms with Crippen LogP contribution in [0.25, 0.3) is 0 Å². The molecule has 2 aliphatic carbocycles. The van der Waals surface area contributed by atoms with Gasteiger partial charge in [0.05, 0.1) is 11.4 Å². The van der Waals surface area contributed by atoms with Gasteiger partial charge in [-0.15, -0.1) is 0 Å². The number of hydrogen-bond donors (Lipinski definition) is 2. The van der Waals surface area contributed by atoms with Crippen LogP contribution in [0.5, 0.6) is 0 Å². The number of nitrogens with one attached hydrogen (secondary N) is 1. The Kier molecular flexibility index (Phi) is 10.4. The molecule has 35 heavy (non-hydrogen) atoms. The number of carbonyl (C=O) groups excluding carboxylic acids is 1. The van der Waals surface area contributed by atoms with E-state index < -0.39 is 5.97 Å². The van der Waals surface area contributed by atoms with E-state index in [1.54, 1.807) is 6.92 Å². The molecule has 2 aliphatic rings. The van der Waals surface area contributed by atoms with Crippen molar-refractivity contribution in [1.29, 1.82) is 0 Å². The smallest absolute Gasteiger partial charge is 0.322 e. The lowest BCUT2D eigenvalue weighted by Gasteiger charge is -2.47. The maximum atomic E-state index is 13.0. The molecule has 0 unspecified atom stereocenters. The van der Waals surface area contributed by atoms with Gasteiger partial charge in [0.2, 0.25) is 5.91 Å². The summed E-state index contributed by atoms with van der Waals surface area (Å²) in [7, 11) is 0. The number of rotatable bonds is 13. The van der Waals surface area contributed by atoms with Crippen LogP contribution < -0.4 is 10.2 Å². The summed E-state index contributed by atoms with van der Waals surface area (Å²) in [5.41, 5.74) is 1.47. The molecule has 6 nitrogen and oxygen atoms in total. The van der Waals surface area contributed by atoms with Crippen molar-refractivity contribution in [3.63, 3.8) is 0 Å². The second-order valence-electron chi connectivity index (χ2n) is 10.7. The molecule has 196 valence electrons. The molecule has 0 aromatic heterocycles. The number of para-hydroxylation sites is 2. The number of aliphatic carboxylic acids is 1. The average molecular weight is 486 g/mol. The molecule has 2 bridgehead atoms. The molecule has 0 radical (unpaired) electrons. The second-order valence-corrected chi connectivity index (χ2v) is 10.7. The van der Waals surface area contributed by atoms with E-state index in [0.29, 0.717) is 17.8 Å². The maximum absolute atomic E-state index is 13.0. The van der Waals surface area contributed by atoms with Crippen LogP contribution in [0, 0.1) is 11.8 Å². The summed E-state index contributed by atoms with van der Waals surface area (Å²) in [5.74, 6) is 0.880. The molecule has 2 fully saturated rings. The molecule has 2 saturated carbocycles. The summed E-state index contributed by atoms with van der Waals surface area (Å²) >= 11 is 0. The van der Waals surface area contributed by atoms with Crippen LogP contribution in [0.15, 0.2) is 24.3 Å². The Morgan fingerprint density at radius 1 is 1.06 bits per heavy atom. The molecule has 1 aromatic rings. The minimum Gasteiger partial charge on any atom is -0.480 e. The molecule has 2 N–H and O–H groups in total. The molecule has 0 aliphatic heterocycles. The van der Waals surface area contributed by atoms with Crippen LogP contribution >= 0.6 is 0 Å². The van der Waals surface area contributed by atoms with Gasteiger partial charge in [0.1, 0.15) is 6.54 Å². The van der Waals surface area contributed by atoms with E-state index in [0.717, 1.165) is 49.8 Å². The number of carboxylic acid groups (broad SMARTS) is 1. The first-order valence-corrected chi connectivity index (χ1v) is 14.0. The molecule has 0 spiro atoms. The number of amides is 1. The fourth-order valence-electron chi connectivity index (χ4n) is 6.93. The lowest BCUT2D eigenvalue weighted by Crippen LogP contribution is -2.50. The zero-order valence-corrected chi connectivity index (χ0v) is 22.3. The van der Waals surface area contributed by atoms with E-state index in [2.05, 4.69) is 31.0 Å². The van der Waals surface area contributed by atoms with Gasteiger partial charge >= 0.3 is 5.97 Å². The Balaban J connectivity index is 1.84. The van der Waals surface area contributed by atoms with Crippen molar-refractivity contribution in [1.82, 2.24) is 4.90 Å². The van der Waals surface area contributed by atoms with Crippen molar-refractivity contribution in [2.24, 2.45) is 11.8 Å². The molecule has 1 amide bonds. The molecule has 6 heteroatoms. The van der Waals surface area contributed by atoms with Crippen LogP contribution in [0.4, 0.5) is 11.4 Å². The highest BCUT2D eigenvalue weighted by Crippen LogP contribution is 2.42. The van der Waals surface area contributed by atoms with E-state index in [4.69, 9.17) is 5.11 Å². The van der Waals surface area contributed by atoms with Crippen LogP contribution in [0.3, 0.4) is 0 Å². The Hall–Kier alpha value is -2.08. The second kappa shape index (κ2) is 13.3. The predicted octanol–water partition coefficient (Wildman–Crippen LogP) is 6.16. The first-order valence-electron chi connectivity index (χ1n) is 14.0. The van der Waals surface area contributed by atoms with Crippen LogP contribution in [0.1, 0.15) is 91.9 Å². The monoisotopic (exact) mass is 485 g/mol. The summed E-state index contributed by atoms with van der Waals surface area (Å²) < 4.78 is 0. The van der Waals surface area contributed by atoms with Crippen LogP contribution in [0.2, 0.25) is 0 Å². The van der Waals surface area contributed by atoms with E-state index in [1.807, 2.05) is 29.2 Å². The molecule has 0 saturated heterocycles. The fourth-order valence-corrected chi connectivity index (χ4v) is 6.93. The summed E-state index contributed by atoms with van der Waals surface area (Å²) in [4.78, 5) is 28.9. The lowest BCUT2D eigenvalue weighted by molar-refractivity contribution is -0.134. The SMILES string of the molecule is CCC[C@H](C[C@@H](CC)N(C(C)=O)c1ccccc1NCC(=O)O)N(CC)[C@H]1C[C@@H]2CCC[C@@H](C2)C1. The Morgan fingerprint density at radius 3 is 2.31 bits per heavy atom. The number of nitrogens with zero attached hydrogens (tertiary/aromatic N) is 2. The van der Waals surface area contributed by atoms with Gasteiger partial charge in [0.15, 0.2) is 0 Å². The largest absolute Gasteiger partial charge is 0.480 e. The first kappa shape index (κ1) is 27.5. The number of benzene rings is 1. The van der Waals surface area contributed by atoms with Gasteiger partial charge in [-0.2, -0.15) is 0 Å². The van der Waals surface area contributed by atoms with Gasteiger partial charge in [0.25, 0.3) is 0 Å². The van der Waals surface area contributed by atoms with Crippen LogP contribution in [-0.4, -0.2) is 53.1 Å². The van der Waals surface area contributed by atoms with Gasteiger partial charge in [-0.05, 0) is 69.0 Å². The van der Waals surface area contributed by atoms with E-state index >= 15 is 0 Å². The minimum absolute atomic E-state index is 0.00641.